The van der Waals surface area contributed by atoms with E-state index in [9.17, 15) is 14.7 Å². The first-order chi connectivity index (χ1) is 12.6. The molecule has 0 aliphatic heterocycles. The predicted octanol–water partition coefficient (Wildman–Crippen LogP) is 0.261. The molecular weight excluding hydrogens is 336 g/mol. The van der Waals surface area contributed by atoms with Crippen molar-refractivity contribution >= 4 is 5.91 Å². The number of hydrogen-bond donors (Lipinski definition) is 2. The molecular formula is C18H24N4O4. The number of rotatable bonds is 7. The Labute approximate surface area is 151 Å². The number of aliphatic hydroxyl groups excluding tert-OH is 1. The third kappa shape index (κ3) is 4.20. The zero-order chi connectivity index (χ0) is 18.5. The highest BCUT2D eigenvalue weighted by atomic mass is 16.5. The van der Waals surface area contributed by atoms with Gasteiger partial charge in [-0.25, -0.2) is 0 Å². The van der Waals surface area contributed by atoms with Gasteiger partial charge in [0, 0.05) is 38.8 Å². The number of aliphatic hydroxyl groups is 1. The van der Waals surface area contributed by atoms with Crippen molar-refractivity contribution in [2.24, 2.45) is 5.92 Å². The van der Waals surface area contributed by atoms with E-state index in [0.29, 0.717) is 32.5 Å². The Morgan fingerprint density at radius 3 is 2.96 bits per heavy atom. The highest BCUT2D eigenvalue weighted by Crippen LogP contribution is 2.27. The summed E-state index contributed by atoms with van der Waals surface area (Å²) in [7, 11) is 1.56. The van der Waals surface area contributed by atoms with Gasteiger partial charge in [-0.3, -0.25) is 14.3 Å². The van der Waals surface area contributed by atoms with Crippen molar-refractivity contribution in [3.8, 4) is 0 Å². The molecule has 140 valence electrons. The van der Waals surface area contributed by atoms with E-state index in [-0.39, 0.29) is 23.1 Å². The minimum atomic E-state index is -0.626. The van der Waals surface area contributed by atoms with E-state index in [2.05, 4.69) is 10.4 Å². The Morgan fingerprint density at radius 1 is 1.38 bits per heavy atom. The summed E-state index contributed by atoms with van der Waals surface area (Å²) in [5.74, 6) is -0.227. The van der Waals surface area contributed by atoms with Gasteiger partial charge in [0.15, 0.2) is 0 Å². The maximum absolute atomic E-state index is 12.5. The first-order valence-electron chi connectivity index (χ1n) is 8.73. The van der Waals surface area contributed by atoms with Gasteiger partial charge in [0.1, 0.15) is 5.56 Å². The molecule has 3 atom stereocenters. The normalized spacial score (nSPS) is 22.5. The molecule has 0 bridgehead atoms. The SMILES string of the molecule is COCCn1cccc(C(=O)N[C@@H]2CC(Cn3cccn3)C[C@H]2O)c1=O. The molecule has 1 aliphatic carbocycles. The topological polar surface area (TPSA) is 98.4 Å². The molecule has 0 spiro atoms. The average molecular weight is 360 g/mol. The van der Waals surface area contributed by atoms with Crippen LogP contribution in [0.5, 0.6) is 0 Å². The second-order valence-electron chi connectivity index (χ2n) is 6.63. The average Bonchev–Trinajstić information content (AvgIpc) is 3.24. The number of ether oxygens (including phenoxy) is 1. The number of hydrogen-bond acceptors (Lipinski definition) is 5. The number of carbonyl (C=O) groups is 1. The number of nitrogens with zero attached hydrogens (tertiary/aromatic N) is 3. The number of nitrogens with one attached hydrogen (secondary N) is 1. The number of amides is 1. The Balaban J connectivity index is 1.63. The van der Waals surface area contributed by atoms with Crippen LogP contribution in [0, 0.1) is 5.92 Å². The second-order valence-corrected chi connectivity index (χ2v) is 6.63. The summed E-state index contributed by atoms with van der Waals surface area (Å²) in [5.41, 5.74) is -0.283. The van der Waals surface area contributed by atoms with Crippen LogP contribution in [0.25, 0.3) is 0 Å². The second kappa shape index (κ2) is 8.29. The Bertz CT molecular complexity index is 787. The fourth-order valence-electron chi connectivity index (χ4n) is 3.42. The molecule has 8 nitrogen and oxygen atoms in total. The molecule has 1 fully saturated rings. The van der Waals surface area contributed by atoms with E-state index in [1.54, 1.807) is 25.6 Å². The van der Waals surface area contributed by atoms with Crippen LogP contribution in [0.4, 0.5) is 0 Å². The van der Waals surface area contributed by atoms with Crippen LogP contribution in [-0.2, 0) is 17.8 Å². The molecule has 3 rings (SSSR count). The summed E-state index contributed by atoms with van der Waals surface area (Å²) in [5, 5.41) is 17.3. The lowest BCUT2D eigenvalue weighted by Crippen LogP contribution is -2.42. The standard InChI is InChI=1S/C18H24N4O4/c1-26-9-8-21-6-2-4-14(18(21)25)17(24)20-15-10-13(11-16(15)23)12-22-7-3-5-19-22/h2-7,13,15-16,23H,8-12H2,1H3,(H,20,24)/t13?,15-,16-/m1/s1. The number of carbonyl (C=O) groups excluding carboxylic acids is 1. The van der Waals surface area contributed by atoms with Gasteiger partial charge in [0.25, 0.3) is 11.5 Å². The first-order valence-corrected chi connectivity index (χ1v) is 8.73. The lowest BCUT2D eigenvalue weighted by atomic mass is 10.1. The van der Waals surface area contributed by atoms with Crippen molar-refractivity contribution in [2.45, 2.75) is 38.1 Å². The van der Waals surface area contributed by atoms with E-state index < -0.39 is 12.0 Å². The minimum Gasteiger partial charge on any atom is -0.391 e. The highest BCUT2D eigenvalue weighted by molar-refractivity contribution is 5.94. The van der Waals surface area contributed by atoms with Gasteiger partial charge in [-0.2, -0.15) is 5.10 Å². The molecule has 1 aliphatic rings. The molecule has 0 aromatic carbocycles. The summed E-state index contributed by atoms with van der Waals surface area (Å²) in [6.07, 6.45) is 5.84. The summed E-state index contributed by atoms with van der Waals surface area (Å²) in [6.45, 7) is 1.47. The molecule has 8 heteroatoms. The largest absolute Gasteiger partial charge is 0.391 e. The van der Waals surface area contributed by atoms with Crippen LogP contribution in [0.2, 0.25) is 0 Å². The molecule has 2 aromatic heterocycles. The zero-order valence-electron chi connectivity index (χ0n) is 14.7. The minimum absolute atomic E-state index is 0.0753. The quantitative estimate of drug-likeness (QED) is 0.738. The molecule has 1 saturated carbocycles. The van der Waals surface area contributed by atoms with Crippen LogP contribution >= 0.6 is 0 Å². The van der Waals surface area contributed by atoms with Gasteiger partial charge in [-0.15, -0.1) is 0 Å². The van der Waals surface area contributed by atoms with Gasteiger partial charge >= 0.3 is 0 Å². The third-order valence-corrected chi connectivity index (χ3v) is 4.75. The van der Waals surface area contributed by atoms with Crippen molar-refractivity contribution in [3.05, 3.63) is 52.7 Å². The molecule has 1 unspecified atom stereocenters. The zero-order valence-corrected chi connectivity index (χ0v) is 14.7. The number of methoxy groups -OCH3 is 1. The van der Waals surface area contributed by atoms with Crippen molar-refractivity contribution in [2.75, 3.05) is 13.7 Å². The first kappa shape index (κ1) is 18.3. The van der Waals surface area contributed by atoms with Gasteiger partial charge in [-0.1, -0.05) is 0 Å². The van der Waals surface area contributed by atoms with Crippen LogP contribution in [-0.4, -0.2) is 51.2 Å². The summed E-state index contributed by atoms with van der Waals surface area (Å²) in [6, 6.07) is 4.66. The van der Waals surface area contributed by atoms with Crippen LogP contribution in [0.3, 0.4) is 0 Å². The Kier molecular flexibility index (Phi) is 5.85. The third-order valence-electron chi connectivity index (χ3n) is 4.75. The maximum Gasteiger partial charge on any atom is 0.263 e. The Morgan fingerprint density at radius 2 is 2.23 bits per heavy atom. The monoisotopic (exact) mass is 360 g/mol. The summed E-state index contributed by atoms with van der Waals surface area (Å²) >= 11 is 0. The molecule has 26 heavy (non-hydrogen) atoms. The van der Waals surface area contributed by atoms with E-state index in [1.807, 2.05) is 16.9 Å². The smallest absolute Gasteiger partial charge is 0.263 e. The summed E-state index contributed by atoms with van der Waals surface area (Å²) in [4.78, 5) is 25.0. The van der Waals surface area contributed by atoms with E-state index in [4.69, 9.17) is 4.74 Å². The van der Waals surface area contributed by atoms with E-state index in [0.717, 1.165) is 0 Å². The molecule has 1 amide bonds. The fourth-order valence-corrected chi connectivity index (χ4v) is 3.42. The lowest BCUT2D eigenvalue weighted by molar-refractivity contribution is 0.0870. The molecule has 0 radical (unpaired) electrons. The maximum atomic E-state index is 12.5. The van der Waals surface area contributed by atoms with Gasteiger partial charge in [0.05, 0.1) is 18.8 Å². The number of pyridine rings is 1. The number of aromatic nitrogens is 3. The Hall–Kier alpha value is -2.45. The van der Waals surface area contributed by atoms with Crippen molar-refractivity contribution in [1.29, 1.82) is 0 Å². The van der Waals surface area contributed by atoms with E-state index in [1.165, 1.54) is 10.6 Å². The van der Waals surface area contributed by atoms with Crippen LogP contribution < -0.4 is 10.9 Å². The van der Waals surface area contributed by atoms with Crippen molar-refractivity contribution in [3.63, 3.8) is 0 Å². The van der Waals surface area contributed by atoms with Crippen molar-refractivity contribution in [1.82, 2.24) is 19.7 Å². The lowest BCUT2D eigenvalue weighted by Gasteiger charge is -2.16. The van der Waals surface area contributed by atoms with Crippen molar-refractivity contribution < 1.29 is 14.6 Å². The van der Waals surface area contributed by atoms with E-state index >= 15 is 0 Å². The predicted molar refractivity (Wildman–Crippen MR) is 94.8 cm³/mol. The van der Waals surface area contributed by atoms with Gasteiger partial charge < -0.3 is 19.7 Å². The van der Waals surface area contributed by atoms with Crippen LogP contribution in [0.15, 0.2) is 41.6 Å². The molecule has 0 saturated heterocycles. The van der Waals surface area contributed by atoms with Gasteiger partial charge in [0.2, 0.25) is 0 Å². The molecule has 2 heterocycles. The molecule has 2 aromatic rings. The fraction of sp³-hybridized carbons (Fsp3) is 0.500. The highest BCUT2D eigenvalue weighted by Gasteiger charge is 2.34. The van der Waals surface area contributed by atoms with Crippen LogP contribution in [0.1, 0.15) is 23.2 Å². The summed E-state index contributed by atoms with van der Waals surface area (Å²) < 4.78 is 8.25. The molecule has 2 N–H and O–H groups in total. The van der Waals surface area contributed by atoms with Gasteiger partial charge in [-0.05, 0) is 37.0 Å².